The molecule has 8 heteroatoms. The normalized spacial score (nSPS) is 15.6. The van der Waals surface area contributed by atoms with Crippen molar-refractivity contribution < 1.29 is 18.0 Å². The predicted molar refractivity (Wildman–Crippen MR) is 105 cm³/mol. The molecule has 0 unspecified atom stereocenters. The maximum atomic E-state index is 12.7. The number of pyridine rings is 1. The molecule has 2 N–H and O–H groups in total. The number of halogens is 3. The molecule has 1 aliphatic rings. The summed E-state index contributed by atoms with van der Waals surface area (Å²) in [6, 6.07) is 10.4. The highest BCUT2D eigenvalue weighted by Crippen LogP contribution is 2.29. The molecule has 0 bridgehead atoms. The molecule has 0 spiro atoms. The molecule has 3 heterocycles. The standard InChI is InChI=1S/C21H21F3N4O/c22-21(23,24)15-5-6-19(26-13-15)28-9-7-16(8-10-28)27-20(29)11-14-12-25-18-4-2-1-3-17(14)18/h1-6,12-13,16,25H,7-11H2,(H,27,29). The van der Waals surface area contributed by atoms with Gasteiger partial charge in [-0.1, -0.05) is 18.2 Å². The van der Waals surface area contributed by atoms with Crippen molar-refractivity contribution in [3.8, 4) is 0 Å². The first-order chi connectivity index (χ1) is 13.9. The first-order valence-corrected chi connectivity index (χ1v) is 9.53. The molecule has 1 fully saturated rings. The molecule has 0 aliphatic carbocycles. The summed E-state index contributed by atoms with van der Waals surface area (Å²) in [5, 5.41) is 4.12. The number of carbonyl (C=O) groups excluding carboxylic acids is 1. The molecule has 1 aliphatic heterocycles. The Morgan fingerprint density at radius 2 is 1.93 bits per heavy atom. The number of para-hydroxylation sites is 1. The Bertz CT molecular complexity index is 989. The Kier molecular flexibility index (Phi) is 5.17. The fourth-order valence-corrected chi connectivity index (χ4v) is 3.72. The average Bonchev–Trinajstić information content (AvgIpc) is 3.11. The zero-order valence-corrected chi connectivity index (χ0v) is 15.7. The largest absolute Gasteiger partial charge is 0.417 e. The van der Waals surface area contributed by atoms with E-state index < -0.39 is 11.7 Å². The first kappa shape index (κ1) is 19.3. The molecule has 152 valence electrons. The van der Waals surface area contributed by atoms with Gasteiger partial charge in [0.05, 0.1) is 12.0 Å². The molecule has 0 saturated carbocycles. The minimum atomic E-state index is -4.38. The second-order valence-electron chi connectivity index (χ2n) is 7.27. The lowest BCUT2D eigenvalue weighted by Gasteiger charge is -2.33. The zero-order valence-electron chi connectivity index (χ0n) is 15.7. The number of H-pyrrole nitrogens is 1. The van der Waals surface area contributed by atoms with Crippen molar-refractivity contribution in [3.05, 3.63) is 59.9 Å². The van der Waals surface area contributed by atoms with Crippen molar-refractivity contribution in [2.75, 3.05) is 18.0 Å². The topological polar surface area (TPSA) is 61.0 Å². The second kappa shape index (κ2) is 7.77. The van der Waals surface area contributed by atoms with E-state index in [-0.39, 0.29) is 11.9 Å². The van der Waals surface area contributed by atoms with Crippen LogP contribution in [0.25, 0.3) is 10.9 Å². The second-order valence-corrected chi connectivity index (χ2v) is 7.27. The van der Waals surface area contributed by atoms with Gasteiger partial charge in [0.25, 0.3) is 0 Å². The molecule has 0 atom stereocenters. The van der Waals surface area contributed by atoms with Crippen LogP contribution in [0, 0.1) is 0 Å². The third kappa shape index (κ3) is 4.36. The third-order valence-electron chi connectivity index (χ3n) is 5.29. The summed E-state index contributed by atoms with van der Waals surface area (Å²) in [6.45, 7) is 1.27. The minimum absolute atomic E-state index is 0.0270. The van der Waals surface area contributed by atoms with Crippen molar-refractivity contribution >= 4 is 22.6 Å². The highest BCUT2D eigenvalue weighted by atomic mass is 19.4. The van der Waals surface area contributed by atoms with E-state index in [0.29, 0.717) is 25.3 Å². The van der Waals surface area contributed by atoms with Gasteiger partial charge < -0.3 is 15.2 Å². The maximum Gasteiger partial charge on any atom is 0.417 e. The Morgan fingerprint density at radius 1 is 1.17 bits per heavy atom. The van der Waals surface area contributed by atoms with Crippen molar-refractivity contribution in [1.82, 2.24) is 15.3 Å². The molecule has 2 aromatic heterocycles. The number of hydrogen-bond acceptors (Lipinski definition) is 3. The lowest BCUT2D eigenvalue weighted by molar-refractivity contribution is -0.137. The van der Waals surface area contributed by atoms with Gasteiger partial charge in [0.2, 0.25) is 5.91 Å². The third-order valence-corrected chi connectivity index (χ3v) is 5.29. The molecule has 1 aromatic carbocycles. The van der Waals surface area contributed by atoms with Gasteiger partial charge in [0.15, 0.2) is 0 Å². The lowest BCUT2D eigenvalue weighted by atomic mass is 10.0. The van der Waals surface area contributed by atoms with Crippen molar-refractivity contribution in [2.24, 2.45) is 0 Å². The van der Waals surface area contributed by atoms with Gasteiger partial charge in [-0.2, -0.15) is 13.2 Å². The van der Waals surface area contributed by atoms with Gasteiger partial charge in [-0.25, -0.2) is 4.98 Å². The van der Waals surface area contributed by atoms with Crippen molar-refractivity contribution in [3.63, 3.8) is 0 Å². The highest BCUT2D eigenvalue weighted by molar-refractivity contribution is 5.88. The van der Waals surface area contributed by atoms with E-state index in [1.54, 1.807) is 0 Å². The molecule has 3 aromatic rings. The van der Waals surface area contributed by atoms with Crippen molar-refractivity contribution in [1.29, 1.82) is 0 Å². The van der Waals surface area contributed by atoms with Crippen LogP contribution < -0.4 is 10.2 Å². The maximum absolute atomic E-state index is 12.7. The lowest BCUT2D eigenvalue weighted by Crippen LogP contribution is -2.45. The average molecular weight is 402 g/mol. The molecule has 1 saturated heterocycles. The van der Waals surface area contributed by atoms with Crippen LogP contribution in [0.2, 0.25) is 0 Å². The SMILES string of the molecule is O=C(Cc1c[nH]c2ccccc12)NC1CCN(c2ccc(C(F)(F)F)cn2)CC1. The van der Waals surface area contributed by atoms with E-state index in [0.717, 1.165) is 41.6 Å². The van der Waals surface area contributed by atoms with E-state index in [1.807, 2.05) is 35.4 Å². The van der Waals surface area contributed by atoms with Crippen LogP contribution in [0.4, 0.5) is 19.0 Å². The van der Waals surface area contributed by atoms with Gasteiger partial charge in [0.1, 0.15) is 5.82 Å². The van der Waals surface area contributed by atoms with Crippen LogP contribution in [-0.4, -0.2) is 35.0 Å². The summed E-state index contributed by atoms with van der Waals surface area (Å²) in [5.74, 6) is 0.502. The van der Waals surface area contributed by atoms with E-state index in [1.165, 1.54) is 6.07 Å². The van der Waals surface area contributed by atoms with Gasteiger partial charge in [-0.15, -0.1) is 0 Å². The van der Waals surface area contributed by atoms with Gasteiger partial charge >= 0.3 is 6.18 Å². The predicted octanol–water partition coefficient (Wildman–Crippen LogP) is 3.91. The number of aromatic amines is 1. The number of amides is 1. The minimum Gasteiger partial charge on any atom is -0.361 e. The van der Waals surface area contributed by atoms with Crippen LogP contribution >= 0.6 is 0 Å². The molecule has 0 radical (unpaired) electrons. The number of fused-ring (bicyclic) bond motifs is 1. The van der Waals surface area contributed by atoms with Crippen LogP contribution in [0.1, 0.15) is 24.0 Å². The summed E-state index contributed by atoms with van der Waals surface area (Å²) >= 11 is 0. The number of hydrogen-bond donors (Lipinski definition) is 2. The number of benzene rings is 1. The van der Waals surface area contributed by atoms with Gasteiger partial charge in [-0.05, 0) is 36.6 Å². The molecule has 1 amide bonds. The summed E-state index contributed by atoms with van der Waals surface area (Å²) in [4.78, 5) is 21.5. The summed E-state index contributed by atoms with van der Waals surface area (Å²) in [6.07, 6.45) is 0.108. The number of alkyl halides is 3. The fraction of sp³-hybridized carbons (Fsp3) is 0.333. The Hall–Kier alpha value is -3.03. The molecule has 4 rings (SSSR count). The number of rotatable bonds is 4. The Labute approximate surface area is 165 Å². The summed E-state index contributed by atoms with van der Waals surface area (Å²) in [7, 11) is 0. The van der Waals surface area contributed by atoms with Crippen LogP contribution in [0.3, 0.4) is 0 Å². The quantitative estimate of drug-likeness (QED) is 0.696. The summed E-state index contributed by atoms with van der Waals surface area (Å²) in [5.41, 5.74) is 1.22. The fourth-order valence-electron chi connectivity index (χ4n) is 3.72. The molecular formula is C21H21F3N4O. The number of aromatic nitrogens is 2. The number of piperidine rings is 1. The van der Waals surface area contributed by atoms with Crippen LogP contribution in [-0.2, 0) is 17.4 Å². The van der Waals surface area contributed by atoms with E-state index in [4.69, 9.17) is 0 Å². The molecular weight excluding hydrogens is 381 g/mol. The monoisotopic (exact) mass is 402 g/mol. The van der Waals surface area contributed by atoms with E-state index in [9.17, 15) is 18.0 Å². The van der Waals surface area contributed by atoms with E-state index >= 15 is 0 Å². The smallest absolute Gasteiger partial charge is 0.361 e. The number of carbonyl (C=O) groups is 1. The van der Waals surface area contributed by atoms with Crippen LogP contribution in [0.5, 0.6) is 0 Å². The van der Waals surface area contributed by atoms with E-state index in [2.05, 4.69) is 15.3 Å². The van der Waals surface area contributed by atoms with Crippen LogP contribution in [0.15, 0.2) is 48.8 Å². The number of nitrogens with one attached hydrogen (secondary N) is 2. The highest BCUT2D eigenvalue weighted by Gasteiger charge is 2.31. The Balaban J connectivity index is 1.30. The van der Waals surface area contributed by atoms with Gasteiger partial charge in [-0.3, -0.25) is 4.79 Å². The first-order valence-electron chi connectivity index (χ1n) is 9.53. The number of anilines is 1. The Morgan fingerprint density at radius 3 is 2.62 bits per heavy atom. The zero-order chi connectivity index (χ0) is 20.4. The summed E-state index contributed by atoms with van der Waals surface area (Å²) < 4.78 is 38.0. The number of nitrogens with zero attached hydrogens (tertiary/aromatic N) is 2. The van der Waals surface area contributed by atoms with Crippen molar-refractivity contribution in [2.45, 2.75) is 31.5 Å². The van der Waals surface area contributed by atoms with Gasteiger partial charge in [0, 0.05) is 42.4 Å². The molecule has 29 heavy (non-hydrogen) atoms. The molecule has 5 nitrogen and oxygen atoms in total.